The molecule has 1 fully saturated rings. The Morgan fingerprint density at radius 1 is 1.00 bits per heavy atom. The highest BCUT2D eigenvalue weighted by molar-refractivity contribution is 5.92. The maximum Gasteiger partial charge on any atom is 0.335 e. The van der Waals surface area contributed by atoms with Crippen molar-refractivity contribution in [3.8, 4) is 17.1 Å². The third-order valence-corrected chi connectivity index (χ3v) is 8.03. The van der Waals surface area contributed by atoms with E-state index in [4.69, 9.17) is 9.72 Å². The second-order valence-electron chi connectivity index (χ2n) is 11.0. The zero-order chi connectivity index (χ0) is 28.5. The number of aromatic nitrogens is 3. The van der Waals surface area contributed by atoms with E-state index >= 15 is 0 Å². The number of carboxylic acids is 1. The largest absolute Gasteiger partial charge is 0.478 e. The predicted octanol–water partition coefficient (Wildman–Crippen LogP) is 7.52. The van der Waals surface area contributed by atoms with Gasteiger partial charge < -0.3 is 14.4 Å². The molecule has 6 nitrogen and oxygen atoms in total. The minimum absolute atomic E-state index is 0.107. The van der Waals surface area contributed by atoms with Gasteiger partial charge >= 0.3 is 5.97 Å². The molecule has 0 saturated heterocycles. The van der Waals surface area contributed by atoms with Gasteiger partial charge in [-0.3, -0.25) is 0 Å². The van der Waals surface area contributed by atoms with Crippen LogP contribution < -0.4 is 4.74 Å². The number of imidazole rings is 1. The third-order valence-electron chi connectivity index (χ3n) is 8.03. The summed E-state index contributed by atoms with van der Waals surface area (Å²) in [6.07, 6.45) is 4.29. The van der Waals surface area contributed by atoms with Crippen molar-refractivity contribution in [1.82, 2.24) is 14.5 Å². The van der Waals surface area contributed by atoms with Gasteiger partial charge in [0, 0.05) is 30.2 Å². The Kier molecular flexibility index (Phi) is 7.26. The Balaban J connectivity index is 1.24. The molecule has 0 unspecified atom stereocenters. The average Bonchev–Trinajstić information content (AvgIpc) is 3.27. The van der Waals surface area contributed by atoms with E-state index in [9.17, 15) is 14.3 Å². The molecule has 0 bridgehead atoms. The average molecular weight is 550 g/mol. The van der Waals surface area contributed by atoms with E-state index in [0.717, 1.165) is 51.4 Å². The summed E-state index contributed by atoms with van der Waals surface area (Å²) in [7, 11) is 0. The highest BCUT2D eigenvalue weighted by atomic mass is 19.1. The summed E-state index contributed by atoms with van der Waals surface area (Å²) in [6.45, 7) is 4.90. The molecule has 6 rings (SSSR count). The fourth-order valence-corrected chi connectivity index (χ4v) is 5.38. The van der Waals surface area contributed by atoms with E-state index in [0.29, 0.717) is 23.8 Å². The quantitative estimate of drug-likeness (QED) is 0.206. The van der Waals surface area contributed by atoms with Crippen LogP contribution in [-0.2, 0) is 19.6 Å². The molecule has 1 aliphatic carbocycles. The standard InChI is InChI=1S/C34H32FN3O3/c1-21-9-10-27(28(35)15-21)20-41-33-8-4-7-29(37-33)25-12-11-24(22(2)16-25)18-32-36-30-14-13-26(34(39)40)17-31(30)38(32)19-23-5-3-6-23/h4,7-17,23H,3,5-6,18-20H2,1-2H3,(H,39,40). The molecule has 3 aromatic carbocycles. The summed E-state index contributed by atoms with van der Waals surface area (Å²) in [5, 5.41) is 9.53. The normalized spacial score (nSPS) is 13.3. The molecule has 0 amide bonds. The fraction of sp³-hybridized carbons (Fsp3) is 0.265. The van der Waals surface area contributed by atoms with Crippen molar-refractivity contribution in [2.45, 2.75) is 52.7 Å². The van der Waals surface area contributed by atoms with E-state index in [1.165, 1.54) is 25.3 Å². The molecule has 208 valence electrons. The van der Waals surface area contributed by atoms with E-state index in [1.54, 1.807) is 24.3 Å². The van der Waals surface area contributed by atoms with Gasteiger partial charge in [0.05, 0.1) is 22.3 Å². The molecular formula is C34H32FN3O3. The first kappa shape index (κ1) is 26.7. The van der Waals surface area contributed by atoms with Crippen molar-refractivity contribution >= 4 is 17.0 Å². The first-order valence-corrected chi connectivity index (χ1v) is 14.0. The maximum absolute atomic E-state index is 14.2. The maximum atomic E-state index is 14.2. The third kappa shape index (κ3) is 5.71. The molecule has 1 saturated carbocycles. The molecule has 0 aliphatic heterocycles. The molecule has 7 heteroatoms. The number of carbonyl (C=O) groups is 1. The smallest absolute Gasteiger partial charge is 0.335 e. The minimum atomic E-state index is -0.929. The molecule has 1 N–H and O–H groups in total. The lowest BCUT2D eigenvalue weighted by atomic mass is 9.85. The van der Waals surface area contributed by atoms with Crippen LogP contribution >= 0.6 is 0 Å². The van der Waals surface area contributed by atoms with Gasteiger partial charge in [-0.25, -0.2) is 19.2 Å². The summed E-state index contributed by atoms with van der Waals surface area (Å²) in [6, 6.07) is 22.2. The van der Waals surface area contributed by atoms with Gasteiger partial charge in [0.25, 0.3) is 0 Å². The monoisotopic (exact) mass is 549 g/mol. The Hall–Kier alpha value is -4.52. The highest BCUT2D eigenvalue weighted by Gasteiger charge is 2.22. The number of aryl methyl sites for hydroxylation is 2. The number of halogens is 1. The number of aromatic carboxylic acids is 1. The summed E-state index contributed by atoms with van der Waals surface area (Å²) < 4.78 is 22.3. The van der Waals surface area contributed by atoms with Gasteiger partial charge in [-0.15, -0.1) is 0 Å². The molecule has 2 aromatic heterocycles. The second kappa shape index (κ2) is 11.2. The lowest BCUT2D eigenvalue weighted by Gasteiger charge is -2.27. The second-order valence-corrected chi connectivity index (χ2v) is 11.0. The van der Waals surface area contributed by atoms with E-state index in [2.05, 4.69) is 34.7 Å². The number of hydrogen-bond acceptors (Lipinski definition) is 4. The number of pyridine rings is 1. The van der Waals surface area contributed by atoms with Crippen LogP contribution in [-0.4, -0.2) is 25.6 Å². The number of carboxylic acid groups (broad SMARTS) is 1. The van der Waals surface area contributed by atoms with Crippen molar-refractivity contribution in [2.24, 2.45) is 5.92 Å². The van der Waals surface area contributed by atoms with Crippen LogP contribution in [0.25, 0.3) is 22.3 Å². The van der Waals surface area contributed by atoms with Crippen LogP contribution in [0.4, 0.5) is 4.39 Å². The van der Waals surface area contributed by atoms with Crippen LogP contribution in [0, 0.1) is 25.6 Å². The summed E-state index contributed by atoms with van der Waals surface area (Å²) >= 11 is 0. The molecule has 0 spiro atoms. The van der Waals surface area contributed by atoms with Gasteiger partial charge in [0.15, 0.2) is 0 Å². The number of fused-ring (bicyclic) bond motifs is 1. The molecule has 0 radical (unpaired) electrons. The van der Waals surface area contributed by atoms with Crippen LogP contribution in [0.5, 0.6) is 5.88 Å². The summed E-state index contributed by atoms with van der Waals surface area (Å²) in [4.78, 5) is 21.2. The van der Waals surface area contributed by atoms with Gasteiger partial charge in [0.2, 0.25) is 5.88 Å². The molecule has 0 atom stereocenters. The van der Waals surface area contributed by atoms with Gasteiger partial charge in [-0.2, -0.15) is 0 Å². The Morgan fingerprint density at radius 2 is 1.83 bits per heavy atom. The van der Waals surface area contributed by atoms with Crippen LogP contribution in [0.3, 0.4) is 0 Å². The highest BCUT2D eigenvalue weighted by Crippen LogP contribution is 2.31. The number of nitrogens with zero attached hydrogens (tertiary/aromatic N) is 3. The Bertz CT molecular complexity index is 1760. The van der Waals surface area contributed by atoms with Crippen LogP contribution in [0.1, 0.15) is 57.7 Å². The first-order valence-electron chi connectivity index (χ1n) is 14.0. The Morgan fingerprint density at radius 3 is 2.56 bits per heavy atom. The fourth-order valence-electron chi connectivity index (χ4n) is 5.38. The number of hydrogen-bond donors (Lipinski definition) is 1. The zero-order valence-electron chi connectivity index (χ0n) is 23.2. The first-order chi connectivity index (χ1) is 19.8. The SMILES string of the molecule is Cc1ccc(COc2cccc(-c3ccc(Cc4nc5ccc(C(=O)O)cc5n4CC4CCC4)c(C)c3)n2)c(F)c1. The van der Waals surface area contributed by atoms with Gasteiger partial charge in [-0.05, 0) is 85.7 Å². The zero-order valence-corrected chi connectivity index (χ0v) is 23.2. The van der Waals surface area contributed by atoms with Crippen LogP contribution in [0.15, 0.2) is 72.8 Å². The molecule has 41 heavy (non-hydrogen) atoms. The van der Waals surface area contributed by atoms with Crippen molar-refractivity contribution in [2.75, 3.05) is 0 Å². The van der Waals surface area contributed by atoms with E-state index in [-0.39, 0.29) is 18.0 Å². The van der Waals surface area contributed by atoms with Gasteiger partial charge in [0.1, 0.15) is 18.2 Å². The molecule has 1 aliphatic rings. The summed E-state index contributed by atoms with van der Waals surface area (Å²) in [5.74, 6) is 0.778. The Labute approximate surface area is 238 Å². The van der Waals surface area contributed by atoms with Crippen molar-refractivity contribution in [1.29, 1.82) is 0 Å². The topological polar surface area (TPSA) is 77.2 Å². The number of benzene rings is 3. The predicted molar refractivity (Wildman–Crippen MR) is 157 cm³/mol. The van der Waals surface area contributed by atoms with Crippen molar-refractivity contribution < 1.29 is 19.0 Å². The summed E-state index contributed by atoms with van der Waals surface area (Å²) in [5.41, 5.74) is 7.36. The molecule has 2 heterocycles. The van der Waals surface area contributed by atoms with E-state index < -0.39 is 5.97 Å². The lowest BCUT2D eigenvalue weighted by molar-refractivity contribution is 0.0697. The van der Waals surface area contributed by atoms with Crippen LogP contribution in [0.2, 0.25) is 0 Å². The molecule has 5 aromatic rings. The minimum Gasteiger partial charge on any atom is -0.478 e. The lowest BCUT2D eigenvalue weighted by Crippen LogP contribution is -2.19. The number of rotatable bonds is 9. The van der Waals surface area contributed by atoms with Crippen molar-refractivity contribution in [3.05, 3.63) is 112 Å². The van der Waals surface area contributed by atoms with Gasteiger partial charge in [-0.1, -0.05) is 36.8 Å². The van der Waals surface area contributed by atoms with E-state index in [1.807, 2.05) is 31.2 Å². The number of ether oxygens (including phenoxy) is 1. The van der Waals surface area contributed by atoms with Crippen molar-refractivity contribution in [3.63, 3.8) is 0 Å². The molecular weight excluding hydrogens is 517 g/mol.